The zero-order valence-electron chi connectivity index (χ0n) is 18.5. The third kappa shape index (κ3) is 4.05. The highest BCUT2D eigenvalue weighted by Gasteiger charge is 2.31. The largest absolute Gasteiger partial charge is 0.477 e. The van der Waals surface area contributed by atoms with Gasteiger partial charge in [0.05, 0.1) is 29.7 Å². The van der Waals surface area contributed by atoms with Crippen LogP contribution in [0.3, 0.4) is 0 Å². The van der Waals surface area contributed by atoms with E-state index in [0.29, 0.717) is 37.1 Å². The van der Waals surface area contributed by atoms with Crippen molar-refractivity contribution in [3.05, 3.63) is 47.3 Å². The van der Waals surface area contributed by atoms with E-state index in [1.54, 1.807) is 6.20 Å². The molecule has 1 fully saturated rings. The Morgan fingerprint density at radius 2 is 2.06 bits per heavy atom. The molecule has 0 spiro atoms. The number of piperidine rings is 1. The molecule has 1 aromatic carbocycles. The quantitative estimate of drug-likeness (QED) is 0.517. The van der Waals surface area contributed by atoms with Gasteiger partial charge < -0.3 is 26.4 Å². The number of rotatable bonds is 4. The molecule has 2 atom stereocenters. The zero-order valence-corrected chi connectivity index (χ0v) is 19.3. The lowest BCUT2D eigenvalue weighted by molar-refractivity contribution is 0.102. The minimum absolute atomic E-state index is 0.00483. The fourth-order valence-electron chi connectivity index (χ4n) is 4.65. The fraction of sp³-hybridized carbons (Fsp3) is 0.348. The summed E-state index contributed by atoms with van der Waals surface area (Å²) in [5.74, 6) is -1.22. The molecule has 34 heavy (non-hydrogen) atoms. The van der Waals surface area contributed by atoms with Crippen molar-refractivity contribution in [3.63, 3.8) is 0 Å². The molecule has 11 heteroatoms. The van der Waals surface area contributed by atoms with Crippen molar-refractivity contribution in [3.8, 4) is 16.5 Å². The summed E-state index contributed by atoms with van der Waals surface area (Å²) in [4.78, 5) is 23.9. The Morgan fingerprint density at radius 1 is 1.29 bits per heavy atom. The first-order valence-corrected chi connectivity index (χ1v) is 11.8. The van der Waals surface area contributed by atoms with E-state index in [2.05, 4.69) is 27.1 Å². The predicted octanol–water partition coefficient (Wildman–Crippen LogP) is 3.43. The number of ether oxygens (including phenoxy) is 1. The van der Waals surface area contributed by atoms with E-state index in [4.69, 9.17) is 16.2 Å². The van der Waals surface area contributed by atoms with Crippen molar-refractivity contribution in [2.75, 3.05) is 35.6 Å². The van der Waals surface area contributed by atoms with Crippen molar-refractivity contribution >= 4 is 33.6 Å². The lowest BCUT2D eigenvalue weighted by atomic mass is 9.95. The third-order valence-corrected chi connectivity index (χ3v) is 6.90. The maximum absolute atomic E-state index is 14.2. The van der Waals surface area contributed by atoms with Crippen LogP contribution in [-0.4, -0.2) is 41.6 Å². The Labute approximate surface area is 198 Å². The van der Waals surface area contributed by atoms with E-state index in [0.717, 1.165) is 47.7 Å². The normalized spacial score (nSPS) is 19.6. The topological polar surface area (TPSA) is 119 Å². The molecular formula is C23H24F2N6O2S. The van der Waals surface area contributed by atoms with Gasteiger partial charge in [0.1, 0.15) is 21.6 Å². The number of hydrogen-bond donors (Lipinski definition) is 3. The van der Waals surface area contributed by atoms with Gasteiger partial charge in [0.15, 0.2) is 5.69 Å². The summed E-state index contributed by atoms with van der Waals surface area (Å²) in [7, 11) is 0. The number of carbonyl (C=O) groups is 1. The first-order chi connectivity index (χ1) is 16.3. The average Bonchev–Trinajstić information content (AvgIpc) is 3.39. The Bertz CT molecular complexity index is 1240. The molecular weight excluding hydrogens is 462 g/mol. The van der Waals surface area contributed by atoms with Gasteiger partial charge in [0.2, 0.25) is 5.88 Å². The number of benzene rings is 1. The van der Waals surface area contributed by atoms with Crippen LogP contribution in [0.15, 0.2) is 24.4 Å². The second kappa shape index (κ2) is 8.80. The number of fused-ring (bicyclic) bond motifs is 1. The number of aromatic nitrogens is 2. The van der Waals surface area contributed by atoms with Gasteiger partial charge in [-0.25, -0.2) is 18.7 Å². The third-order valence-electron chi connectivity index (χ3n) is 6.00. The number of hydrogen-bond acceptors (Lipinski definition) is 8. The minimum Gasteiger partial charge on any atom is -0.477 e. The Hall–Kier alpha value is -3.31. The number of halogens is 2. The number of nitrogens with one attached hydrogen (secondary N) is 1. The first-order valence-electron chi connectivity index (χ1n) is 11.0. The van der Waals surface area contributed by atoms with Crippen LogP contribution in [0.25, 0.3) is 10.6 Å². The van der Waals surface area contributed by atoms with E-state index in [-0.39, 0.29) is 27.3 Å². The van der Waals surface area contributed by atoms with Crippen molar-refractivity contribution < 1.29 is 18.3 Å². The number of thiazole rings is 1. The van der Waals surface area contributed by atoms with Crippen LogP contribution < -0.4 is 26.4 Å². The Kier molecular flexibility index (Phi) is 5.82. The summed E-state index contributed by atoms with van der Waals surface area (Å²) in [6.07, 6.45) is 3.13. The summed E-state index contributed by atoms with van der Waals surface area (Å²) in [6, 6.07) is 3.53. The maximum atomic E-state index is 14.2. The van der Waals surface area contributed by atoms with Gasteiger partial charge in [0, 0.05) is 31.1 Å². The molecule has 0 aliphatic carbocycles. The van der Waals surface area contributed by atoms with Crippen LogP contribution in [0.5, 0.6) is 5.88 Å². The van der Waals surface area contributed by atoms with E-state index < -0.39 is 17.5 Å². The highest BCUT2D eigenvalue weighted by atomic mass is 32.1. The summed E-state index contributed by atoms with van der Waals surface area (Å²) in [6.45, 7) is 4.07. The van der Waals surface area contributed by atoms with Crippen LogP contribution in [0.4, 0.5) is 25.2 Å². The molecule has 3 aromatic rings. The number of carbonyl (C=O) groups excluding carboxylic acids is 1. The molecule has 5 N–H and O–H groups in total. The van der Waals surface area contributed by atoms with Crippen LogP contribution in [0.2, 0.25) is 0 Å². The van der Waals surface area contributed by atoms with Crippen LogP contribution in [0, 0.1) is 17.6 Å². The minimum atomic E-state index is -0.777. The molecule has 8 nitrogen and oxygen atoms in total. The van der Waals surface area contributed by atoms with E-state index in [9.17, 15) is 13.6 Å². The van der Waals surface area contributed by atoms with Gasteiger partial charge >= 0.3 is 0 Å². The van der Waals surface area contributed by atoms with Crippen molar-refractivity contribution in [2.45, 2.75) is 25.8 Å². The predicted molar refractivity (Wildman–Crippen MR) is 127 cm³/mol. The molecule has 2 unspecified atom stereocenters. The number of nitrogen functional groups attached to an aromatic ring is 1. The van der Waals surface area contributed by atoms with Gasteiger partial charge in [-0.05, 0) is 24.5 Å². The molecule has 0 bridgehead atoms. The number of amides is 1. The molecule has 2 aliphatic rings. The van der Waals surface area contributed by atoms with E-state index >= 15 is 0 Å². The Balaban J connectivity index is 1.49. The van der Waals surface area contributed by atoms with Crippen molar-refractivity contribution in [1.82, 2.24) is 9.97 Å². The van der Waals surface area contributed by atoms with Gasteiger partial charge in [0.25, 0.3) is 5.91 Å². The van der Waals surface area contributed by atoms with Crippen LogP contribution >= 0.6 is 11.3 Å². The zero-order chi connectivity index (χ0) is 24.0. The SMILES string of the molecule is CC1CC(N)CN(c2c(NC(=O)c3nc(-c4c(F)cccc4F)sc3N)cnc3c2CCO3)C1. The molecule has 1 saturated heterocycles. The second-order valence-corrected chi connectivity index (χ2v) is 9.72. The first kappa shape index (κ1) is 22.5. The fourth-order valence-corrected chi connectivity index (χ4v) is 5.52. The maximum Gasteiger partial charge on any atom is 0.277 e. The number of anilines is 3. The summed E-state index contributed by atoms with van der Waals surface area (Å²) >= 11 is 0.851. The standard InChI is InChI=1S/C23H24F2N6O2S/c1-11-7-12(26)10-31(9-11)19-13-5-6-33-22(13)28-8-16(19)29-21(32)18-20(27)34-23(30-18)17-14(24)3-2-4-15(17)25/h2-4,8,11-12H,5-7,9-10,26-27H2,1H3,(H,29,32). The molecule has 0 radical (unpaired) electrons. The lowest BCUT2D eigenvalue weighted by Crippen LogP contribution is -2.47. The van der Waals surface area contributed by atoms with Gasteiger partial charge in [-0.15, -0.1) is 0 Å². The monoisotopic (exact) mass is 486 g/mol. The summed E-state index contributed by atoms with van der Waals surface area (Å²) in [5.41, 5.74) is 14.1. The summed E-state index contributed by atoms with van der Waals surface area (Å²) < 4.78 is 34.1. The molecule has 0 saturated carbocycles. The van der Waals surface area contributed by atoms with Gasteiger partial charge in [-0.3, -0.25) is 4.79 Å². The van der Waals surface area contributed by atoms with Crippen LogP contribution in [-0.2, 0) is 6.42 Å². The average molecular weight is 487 g/mol. The molecule has 2 aromatic heterocycles. The molecule has 1 amide bonds. The van der Waals surface area contributed by atoms with Gasteiger partial charge in [-0.2, -0.15) is 0 Å². The lowest BCUT2D eigenvalue weighted by Gasteiger charge is -2.38. The van der Waals surface area contributed by atoms with Crippen LogP contribution in [0.1, 0.15) is 29.4 Å². The van der Waals surface area contributed by atoms with E-state index in [1.165, 1.54) is 6.07 Å². The number of nitrogens with two attached hydrogens (primary N) is 2. The molecule has 4 heterocycles. The highest BCUT2D eigenvalue weighted by molar-refractivity contribution is 7.19. The smallest absolute Gasteiger partial charge is 0.277 e. The number of nitrogens with zero attached hydrogens (tertiary/aromatic N) is 3. The number of pyridine rings is 1. The second-order valence-electron chi connectivity index (χ2n) is 8.69. The Morgan fingerprint density at radius 3 is 2.79 bits per heavy atom. The highest BCUT2D eigenvalue weighted by Crippen LogP contribution is 2.40. The van der Waals surface area contributed by atoms with Crippen molar-refractivity contribution in [1.29, 1.82) is 0 Å². The van der Waals surface area contributed by atoms with Gasteiger partial charge in [-0.1, -0.05) is 24.3 Å². The molecule has 5 rings (SSSR count). The summed E-state index contributed by atoms with van der Waals surface area (Å²) in [5, 5.41) is 2.91. The van der Waals surface area contributed by atoms with Crippen molar-refractivity contribution in [2.24, 2.45) is 11.7 Å². The molecule has 2 aliphatic heterocycles. The molecule has 178 valence electrons. The van der Waals surface area contributed by atoms with E-state index in [1.807, 2.05) is 0 Å².